The molecule has 2 heterocycles. The average molecular weight is 299 g/mol. The third-order valence-corrected chi connectivity index (χ3v) is 3.40. The van der Waals surface area contributed by atoms with Crippen LogP contribution >= 0.6 is 15.9 Å². The molecule has 3 nitrogen and oxygen atoms in total. The fourth-order valence-electron chi connectivity index (χ4n) is 2.14. The van der Waals surface area contributed by atoms with Gasteiger partial charge in [-0.15, -0.1) is 0 Å². The van der Waals surface area contributed by atoms with Crippen LogP contribution in [0.1, 0.15) is 26.2 Å². The van der Waals surface area contributed by atoms with Crippen LogP contribution in [-0.4, -0.2) is 30.8 Å². The van der Waals surface area contributed by atoms with E-state index in [1.807, 2.05) is 12.1 Å². The molecule has 1 aliphatic heterocycles. The van der Waals surface area contributed by atoms with Gasteiger partial charge in [0, 0.05) is 19.7 Å². The van der Waals surface area contributed by atoms with Crippen molar-refractivity contribution in [2.75, 3.05) is 24.6 Å². The smallest absolute Gasteiger partial charge is 0.129 e. The molecule has 0 amide bonds. The van der Waals surface area contributed by atoms with Gasteiger partial charge in [-0.05, 0) is 47.3 Å². The quantitative estimate of drug-likeness (QED) is 0.798. The standard InChI is InChI=1S/C13H19BrN2O/c1-2-9-17-11-5-4-8-16(10-11)13-7-3-6-12(14)15-13/h3,6-7,11H,2,4-5,8-10H2,1H3. The average Bonchev–Trinajstić information content (AvgIpc) is 2.37. The third kappa shape index (κ3) is 3.68. The van der Waals surface area contributed by atoms with Crippen LogP contribution < -0.4 is 4.90 Å². The molecule has 1 aromatic rings. The molecule has 94 valence electrons. The number of hydrogen-bond acceptors (Lipinski definition) is 3. The van der Waals surface area contributed by atoms with Crippen LogP contribution in [0.25, 0.3) is 0 Å². The molecular formula is C13H19BrN2O. The summed E-state index contributed by atoms with van der Waals surface area (Å²) in [5.74, 6) is 1.05. The lowest BCUT2D eigenvalue weighted by Gasteiger charge is -2.33. The largest absolute Gasteiger partial charge is 0.376 e. The highest BCUT2D eigenvalue weighted by atomic mass is 79.9. The molecule has 17 heavy (non-hydrogen) atoms. The summed E-state index contributed by atoms with van der Waals surface area (Å²) in [7, 11) is 0. The molecule has 1 fully saturated rings. The Labute approximate surface area is 111 Å². The lowest BCUT2D eigenvalue weighted by Crippen LogP contribution is -2.40. The van der Waals surface area contributed by atoms with Crippen molar-refractivity contribution in [1.82, 2.24) is 4.98 Å². The van der Waals surface area contributed by atoms with E-state index in [4.69, 9.17) is 4.74 Å². The Bertz CT molecular complexity index is 359. The molecule has 2 rings (SSSR count). The van der Waals surface area contributed by atoms with Gasteiger partial charge in [0.1, 0.15) is 10.4 Å². The molecule has 4 heteroatoms. The number of halogens is 1. The van der Waals surface area contributed by atoms with E-state index in [1.165, 1.54) is 12.8 Å². The molecular weight excluding hydrogens is 280 g/mol. The summed E-state index contributed by atoms with van der Waals surface area (Å²) in [6.45, 7) is 5.06. The Morgan fingerprint density at radius 1 is 1.53 bits per heavy atom. The van der Waals surface area contributed by atoms with Gasteiger partial charge in [-0.2, -0.15) is 0 Å². The lowest BCUT2D eigenvalue weighted by atomic mass is 10.1. The molecule has 0 aliphatic carbocycles. The van der Waals surface area contributed by atoms with Crippen molar-refractivity contribution in [2.24, 2.45) is 0 Å². The predicted molar refractivity (Wildman–Crippen MR) is 73.4 cm³/mol. The first-order valence-corrected chi connectivity index (χ1v) is 7.08. The zero-order valence-electron chi connectivity index (χ0n) is 10.2. The van der Waals surface area contributed by atoms with Crippen molar-refractivity contribution in [3.05, 3.63) is 22.8 Å². The van der Waals surface area contributed by atoms with Crippen LogP contribution in [0.2, 0.25) is 0 Å². The summed E-state index contributed by atoms with van der Waals surface area (Å²) >= 11 is 3.42. The zero-order chi connectivity index (χ0) is 12.1. The Kier molecular flexibility index (Phi) is 4.80. The van der Waals surface area contributed by atoms with E-state index in [2.05, 4.69) is 38.8 Å². The fourth-order valence-corrected chi connectivity index (χ4v) is 2.47. The molecule has 0 aromatic carbocycles. The highest BCUT2D eigenvalue weighted by Crippen LogP contribution is 2.21. The number of hydrogen-bond donors (Lipinski definition) is 0. The minimum Gasteiger partial charge on any atom is -0.376 e. The molecule has 0 spiro atoms. The Balaban J connectivity index is 1.97. The van der Waals surface area contributed by atoms with E-state index in [9.17, 15) is 0 Å². The minimum absolute atomic E-state index is 0.365. The van der Waals surface area contributed by atoms with Crippen LogP contribution in [0.15, 0.2) is 22.8 Å². The third-order valence-electron chi connectivity index (χ3n) is 2.96. The molecule has 0 N–H and O–H groups in total. The summed E-state index contributed by atoms with van der Waals surface area (Å²) in [5.41, 5.74) is 0. The van der Waals surface area contributed by atoms with E-state index < -0.39 is 0 Å². The van der Waals surface area contributed by atoms with Crippen molar-refractivity contribution < 1.29 is 4.74 Å². The SMILES string of the molecule is CCCOC1CCCN(c2cccc(Br)n2)C1. The molecule has 1 aromatic heterocycles. The summed E-state index contributed by atoms with van der Waals surface area (Å²) in [6.07, 6.45) is 3.81. The van der Waals surface area contributed by atoms with Crippen LogP contribution in [0.3, 0.4) is 0 Å². The molecule has 1 aliphatic rings. The van der Waals surface area contributed by atoms with E-state index in [1.54, 1.807) is 0 Å². The second-order valence-corrected chi connectivity index (χ2v) is 5.21. The number of nitrogens with zero attached hydrogens (tertiary/aromatic N) is 2. The van der Waals surface area contributed by atoms with Crippen LogP contribution in [0, 0.1) is 0 Å². The minimum atomic E-state index is 0.365. The Hall–Kier alpha value is -0.610. The highest BCUT2D eigenvalue weighted by Gasteiger charge is 2.21. The van der Waals surface area contributed by atoms with Gasteiger partial charge in [0.25, 0.3) is 0 Å². The maximum atomic E-state index is 5.83. The zero-order valence-corrected chi connectivity index (χ0v) is 11.8. The number of anilines is 1. The van der Waals surface area contributed by atoms with Gasteiger partial charge < -0.3 is 9.64 Å². The Morgan fingerprint density at radius 3 is 3.18 bits per heavy atom. The number of piperidine rings is 1. The maximum Gasteiger partial charge on any atom is 0.129 e. The summed E-state index contributed by atoms with van der Waals surface area (Å²) < 4.78 is 6.73. The van der Waals surface area contributed by atoms with Crippen LogP contribution in [-0.2, 0) is 4.74 Å². The van der Waals surface area contributed by atoms with Crippen molar-refractivity contribution >= 4 is 21.7 Å². The van der Waals surface area contributed by atoms with Crippen molar-refractivity contribution in [3.8, 4) is 0 Å². The van der Waals surface area contributed by atoms with Gasteiger partial charge in [-0.3, -0.25) is 0 Å². The van der Waals surface area contributed by atoms with E-state index in [0.29, 0.717) is 6.10 Å². The first-order chi connectivity index (χ1) is 8.29. The summed E-state index contributed by atoms with van der Waals surface area (Å²) in [5, 5.41) is 0. The van der Waals surface area contributed by atoms with Gasteiger partial charge in [0.15, 0.2) is 0 Å². The van der Waals surface area contributed by atoms with Crippen molar-refractivity contribution in [3.63, 3.8) is 0 Å². The van der Waals surface area contributed by atoms with Gasteiger partial charge in [-0.1, -0.05) is 13.0 Å². The van der Waals surface area contributed by atoms with Crippen molar-refractivity contribution in [2.45, 2.75) is 32.3 Å². The highest BCUT2D eigenvalue weighted by molar-refractivity contribution is 9.10. The van der Waals surface area contributed by atoms with E-state index in [-0.39, 0.29) is 0 Å². The first kappa shape index (κ1) is 12.8. The number of ether oxygens (including phenoxy) is 1. The monoisotopic (exact) mass is 298 g/mol. The van der Waals surface area contributed by atoms with Crippen molar-refractivity contribution in [1.29, 1.82) is 0 Å². The van der Waals surface area contributed by atoms with Gasteiger partial charge >= 0.3 is 0 Å². The topological polar surface area (TPSA) is 25.4 Å². The van der Waals surface area contributed by atoms with E-state index in [0.717, 1.165) is 36.5 Å². The van der Waals surface area contributed by atoms with Gasteiger partial charge in [-0.25, -0.2) is 4.98 Å². The predicted octanol–water partition coefficient (Wildman–Crippen LogP) is 3.24. The van der Waals surface area contributed by atoms with Gasteiger partial charge in [0.05, 0.1) is 6.10 Å². The first-order valence-electron chi connectivity index (χ1n) is 6.28. The lowest BCUT2D eigenvalue weighted by molar-refractivity contribution is 0.0439. The fraction of sp³-hybridized carbons (Fsp3) is 0.615. The molecule has 1 saturated heterocycles. The van der Waals surface area contributed by atoms with Gasteiger partial charge in [0.2, 0.25) is 0 Å². The normalized spacial score (nSPS) is 20.6. The number of pyridine rings is 1. The number of rotatable bonds is 4. The summed E-state index contributed by atoms with van der Waals surface area (Å²) in [4.78, 5) is 6.81. The molecule has 1 unspecified atom stereocenters. The molecule has 0 bridgehead atoms. The number of aromatic nitrogens is 1. The maximum absolute atomic E-state index is 5.83. The second-order valence-electron chi connectivity index (χ2n) is 4.40. The Morgan fingerprint density at radius 2 is 2.41 bits per heavy atom. The van der Waals surface area contributed by atoms with Crippen LogP contribution in [0.4, 0.5) is 5.82 Å². The van der Waals surface area contributed by atoms with E-state index >= 15 is 0 Å². The van der Waals surface area contributed by atoms with Crippen LogP contribution in [0.5, 0.6) is 0 Å². The second kappa shape index (κ2) is 6.36. The molecule has 0 saturated carbocycles. The molecule has 0 radical (unpaired) electrons. The molecule has 1 atom stereocenters. The summed E-state index contributed by atoms with van der Waals surface area (Å²) in [6, 6.07) is 6.05.